The quantitative estimate of drug-likeness (QED) is 0.316. The highest BCUT2D eigenvalue weighted by Gasteiger charge is 2.16. The Kier molecular flexibility index (Phi) is 4.36. The zero-order valence-corrected chi connectivity index (χ0v) is 18.1. The van der Waals surface area contributed by atoms with Crippen LogP contribution in [0, 0.1) is 6.92 Å². The lowest BCUT2D eigenvalue weighted by atomic mass is 10.1. The molecule has 3 aromatic heterocycles. The largest absolute Gasteiger partial charge is 0.456 e. The molecule has 0 fully saturated rings. The van der Waals surface area contributed by atoms with Crippen molar-refractivity contribution in [1.82, 2.24) is 4.98 Å². The highest BCUT2D eigenvalue weighted by Crippen LogP contribution is 2.37. The number of thiazole rings is 1. The first-order valence-electron chi connectivity index (χ1n) is 9.73. The Labute approximate surface area is 185 Å². The third-order valence-corrected chi connectivity index (χ3v) is 6.81. The van der Waals surface area contributed by atoms with Crippen molar-refractivity contribution >= 4 is 38.8 Å². The van der Waals surface area contributed by atoms with Gasteiger partial charge in [-0.3, -0.25) is 0 Å². The Hall–Kier alpha value is -3.42. The van der Waals surface area contributed by atoms with Gasteiger partial charge in [-0.2, -0.15) is 0 Å². The SMILES string of the molecule is Cc1sc(N=c2cc(-c3ccc4c(c3)OCO4)oc3ccccc23)nc1-c1cccs1. The van der Waals surface area contributed by atoms with E-state index < -0.39 is 0 Å². The summed E-state index contributed by atoms with van der Waals surface area (Å²) in [6.45, 7) is 2.33. The van der Waals surface area contributed by atoms with E-state index in [9.17, 15) is 0 Å². The van der Waals surface area contributed by atoms with E-state index >= 15 is 0 Å². The molecule has 5 aromatic rings. The summed E-state index contributed by atoms with van der Waals surface area (Å²) in [5.74, 6) is 2.17. The number of hydrogen-bond acceptors (Lipinski definition) is 7. The third-order valence-electron chi connectivity index (χ3n) is 5.06. The van der Waals surface area contributed by atoms with Crippen LogP contribution in [-0.4, -0.2) is 11.8 Å². The Morgan fingerprint density at radius 3 is 2.77 bits per heavy atom. The summed E-state index contributed by atoms with van der Waals surface area (Å²) >= 11 is 3.28. The molecule has 0 bridgehead atoms. The monoisotopic (exact) mass is 444 g/mol. The molecule has 7 heteroatoms. The van der Waals surface area contributed by atoms with E-state index in [1.165, 1.54) is 0 Å². The Balaban J connectivity index is 1.52. The highest BCUT2D eigenvalue weighted by atomic mass is 32.1. The van der Waals surface area contributed by atoms with E-state index in [4.69, 9.17) is 23.9 Å². The number of ether oxygens (including phenoxy) is 2. The number of aryl methyl sites for hydroxylation is 1. The molecule has 5 nitrogen and oxygen atoms in total. The fourth-order valence-electron chi connectivity index (χ4n) is 3.58. The van der Waals surface area contributed by atoms with Crippen LogP contribution < -0.4 is 14.8 Å². The van der Waals surface area contributed by atoms with Gasteiger partial charge < -0.3 is 13.9 Å². The summed E-state index contributed by atoms with van der Waals surface area (Å²) in [5.41, 5.74) is 2.67. The van der Waals surface area contributed by atoms with Crippen LogP contribution in [-0.2, 0) is 0 Å². The van der Waals surface area contributed by atoms with Crippen molar-refractivity contribution in [3.05, 3.63) is 76.3 Å². The summed E-state index contributed by atoms with van der Waals surface area (Å²) < 4.78 is 17.2. The average Bonchev–Trinajstić information content (AvgIpc) is 3.54. The first-order chi connectivity index (χ1) is 15.2. The van der Waals surface area contributed by atoms with Crippen molar-refractivity contribution in [2.45, 2.75) is 6.92 Å². The summed E-state index contributed by atoms with van der Waals surface area (Å²) in [6.07, 6.45) is 0. The topological polar surface area (TPSA) is 56.9 Å². The van der Waals surface area contributed by atoms with E-state index in [-0.39, 0.29) is 6.79 Å². The maximum atomic E-state index is 6.20. The van der Waals surface area contributed by atoms with Gasteiger partial charge in [0.15, 0.2) is 11.5 Å². The molecular formula is C24H16N2O3S2. The van der Waals surface area contributed by atoms with Gasteiger partial charge in [0.2, 0.25) is 11.9 Å². The maximum absolute atomic E-state index is 6.20. The molecule has 0 N–H and O–H groups in total. The number of benzene rings is 2. The molecule has 0 saturated heterocycles. The van der Waals surface area contributed by atoms with Crippen LogP contribution in [0.4, 0.5) is 5.13 Å². The molecule has 1 aliphatic heterocycles. The highest BCUT2D eigenvalue weighted by molar-refractivity contribution is 7.17. The van der Waals surface area contributed by atoms with E-state index in [1.807, 2.05) is 54.6 Å². The average molecular weight is 445 g/mol. The number of hydrogen-bond donors (Lipinski definition) is 0. The van der Waals surface area contributed by atoms with Crippen molar-refractivity contribution in [3.63, 3.8) is 0 Å². The molecule has 0 atom stereocenters. The van der Waals surface area contributed by atoms with Crippen molar-refractivity contribution < 1.29 is 13.9 Å². The van der Waals surface area contributed by atoms with Crippen LogP contribution in [0.15, 0.2) is 75.5 Å². The number of thiophene rings is 1. The van der Waals surface area contributed by atoms with Gasteiger partial charge in [0.1, 0.15) is 11.3 Å². The van der Waals surface area contributed by atoms with Crippen molar-refractivity contribution in [2.24, 2.45) is 4.99 Å². The van der Waals surface area contributed by atoms with Crippen molar-refractivity contribution in [2.75, 3.05) is 6.79 Å². The summed E-state index contributed by atoms with van der Waals surface area (Å²) in [5, 5.41) is 4.56. The van der Waals surface area contributed by atoms with Crippen LogP contribution in [0.3, 0.4) is 0 Å². The standard InChI is InChI=1S/C24H16N2O3S2/c1-14-23(22-7-4-10-30-22)26-24(31-14)25-17-12-20(29-18-6-3-2-5-16(17)18)15-8-9-19-21(11-15)28-13-27-19/h2-12H,13H2,1H3. The van der Waals surface area contributed by atoms with Gasteiger partial charge in [-0.15, -0.1) is 11.3 Å². The minimum Gasteiger partial charge on any atom is -0.456 e. The lowest BCUT2D eigenvalue weighted by Gasteiger charge is -2.05. The second-order valence-electron chi connectivity index (χ2n) is 7.05. The number of fused-ring (bicyclic) bond motifs is 2. The van der Waals surface area contributed by atoms with E-state index in [2.05, 4.69) is 18.4 Å². The molecule has 0 radical (unpaired) electrons. The molecule has 1 aliphatic rings. The molecule has 152 valence electrons. The number of aromatic nitrogens is 1. The molecule has 4 heterocycles. The molecule has 0 saturated carbocycles. The number of rotatable bonds is 3. The summed E-state index contributed by atoms with van der Waals surface area (Å²) in [7, 11) is 0. The van der Waals surface area contributed by atoms with Gasteiger partial charge in [0.25, 0.3) is 0 Å². The number of nitrogens with zero attached hydrogens (tertiary/aromatic N) is 2. The lowest BCUT2D eigenvalue weighted by molar-refractivity contribution is 0.174. The van der Waals surface area contributed by atoms with Crippen LogP contribution in [0.1, 0.15) is 4.88 Å². The summed E-state index contributed by atoms with van der Waals surface area (Å²) in [4.78, 5) is 12.0. The zero-order valence-electron chi connectivity index (χ0n) is 16.5. The zero-order chi connectivity index (χ0) is 20.8. The minimum absolute atomic E-state index is 0.240. The van der Waals surface area contributed by atoms with Gasteiger partial charge in [-0.25, -0.2) is 9.98 Å². The molecule has 6 rings (SSSR count). The predicted octanol–water partition coefficient (Wildman–Crippen LogP) is 6.55. The normalized spacial score (nSPS) is 13.3. The van der Waals surface area contributed by atoms with Crippen LogP contribution in [0.2, 0.25) is 0 Å². The van der Waals surface area contributed by atoms with Gasteiger partial charge >= 0.3 is 0 Å². The van der Waals surface area contributed by atoms with Crippen LogP contribution in [0.25, 0.3) is 32.9 Å². The Morgan fingerprint density at radius 1 is 0.968 bits per heavy atom. The number of para-hydroxylation sites is 1. The fourth-order valence-corrected chi connectivity index (χ4v) is 5.22. The Bertz CT molecular complexity index is 1480. The van der Waals surface area contributed by atoms with E-state index in [0.717, 1.165) is 54.0 Å². The van der Waals surface area contributed by atoms with E-state index in [0.29, 0.717) is 5.76 Å². The van der Waals surface area contributed by atoms with Crippen molar-refractivity contribution in [3.8, 4) is 33.4 Å². The fraction of sp³-hybridized carbons (Fsp3) is 0.0833. The molecule has 0 aliphatic carbocycles. The smallest absolute Gasteiger partial charge is 0.231 e. The molecular weight excluding hydrogens is 428 g/mol. The molecule has 31 heavy (non-hydrogen) atoms. The lowest BCUT2D eigenvalue weighted by Crippen LogP contribution is -2.03. The third kappa shape index (κ3) is 3.32. The first kappa shape index (κ1) is 18.4. The molecule has 2 aromatic carbocycles. The molecule has 0 unspecified atom stereocenters. The Morgan fingerprint density at radius 2 is 1.87 bits per heavy atom. The van der Waals surface area contributed by atoms with Crippen molar-refractivity contribution in [1.29, 1.82) is 0 Å². The van der Waals surface area contributed by atoms with Crippen LogP contribution in [0.5, 0.6) is 11.5 Å². The predicted molar refractivity (Wildman–Crippen MR) is 123 cm³/mol. The second kappa shape index (κ2) is 7.37. The molecule has 0 spiro atoms. The van der Waals surface area contributed by atoms with Gasteiger partial charge in [-0.05, 0) is 48.7 Å². The van der Waals surface area contributed by atoms with Gasteiger partial charge in [0.05, 0.1) is 15.9 Å². The van der Waals surface area contributed by atoms with Gasteiger partial charge in [0, 0.05) is 21.9 Å². The van der Waals surface area contributed by atoms with Crippen LogP contribution >= 0.6 is 22.7 Å². The maximum Gasteiger partial charge on any atom is 0.231 e. The second-order valence-corrected chi connectivity index (χ2v) is 9.18. The first-order valence-corrected chi connectivity index (χ1v) is 11.4. The summed E-state index contributed by atoms with van der Waals surface area (Å²) in [6, 6.07) is 19.8. The van der Waals surface area contributed by atoms with Gasteiger partial charge in [-0.1, -0.05) is 29.5 Å². The minimum atomic E-state index is 0.240. The molecule has 0 amide bonds. The van der Waals surface area contributed by atoms with E-state index in [1.54, 1.807) is 22.7 Å².